The molecule has 1 amide bonds. The van der Waals surface area contributed by atoms with Crippen molar-refractivity contribution >= 4 is 27.8 Å². The Bertz CT molecular complexity index is 452. The lowest BCUT2D eigenvalue weighted by Crippen LogP contribution is -2.32. The second-order valence-corrected chi connectivity index (χ2v) is 5.54. The molecular formula is C12H13BrN2O3. The minimum Gasteiger partial charge on any atom is -0.481 e. The number of alkyl halides is 1. The fourth-order valence-corrected chi connectivity index (χ4v) is 2.72. The van der Waals surface area contributed by atoms with Crippen LogP contribution in [0.15, 0.2) is 24.5 Å². The normalized spacial score (nSPS) is 21.1. The molecule has 0 spiro atoms. The van der Waals surface area contributed by atoms with Gasteiger partial charge in [0, 0.05) is 30.2 Å². The Morgan fingerprint density at radius 3 is 2.94 bits per heavy atom. The first-order valence-corrected chi connectivity index (χ1v) is 6.54. The van der Waals surface area contributed by atoms with Gasteiger partial charge in [0.15, 0.2) is 0 Å². The van der Waals surface area contributed by atoms with E-state index in [1.54, 1.807) is 29.4 Å². The van der Waals surface area contributed by atoms with Crippen molar-refractivity contribution in [3.05, 3.63) is 30.1 Å². The first kappa shape index (κ1) is 13.0. The van der Waals surface area contributed by atoms with Gasteiger partial charge in [-0.3, -0.25) is 14.6 Å². The molecule has 0 radical (unpaired) electrons. The van der Waals surface area contributed by atoms with E-state index in [1.165, 1.54) is 0 Å². The number of aromatic nitrogens is 1. The predicted octanol–water partition coefficient (Wildman–Crippen LogP) is 1.59. The number of hydrogen-bond acceptors (Lipinski definition) is 3. The molecule has 1 saturated heterocycles. The molecule has 0 aromatic carbocycles. The number of carboxylic acids is 1. The van der Waals surface area contributed by atoms with Crippen LogP contribution in [0.1, 0.15) is 24.4 Å². The Kier molecular flexibility index (Phi) is 3.96. The Hall–Kier alpha value is -1.43. The van der Waals surface area contributed by atoms with Gasteiger partial charge in [-0.2, -0.15) is 0 Å². The third kappa shape index (κ3) is 2.87. The second kappa shape index (κ2) is 5.48. The number of aliphatic carboxylic acids is 1. The summed E-state index contributed by atoms with van der Waals surface area (Å²) in [6.07, 6.45) is 3.55. The lowest BCUT2D eigenvalue weighted by molar-refractivity contribution is -0.139. The lowest BCUT2D eigenvalue weighted by Gasteiger charge is -2.26. The van der Waals surface area contributed by atoms with Gasteiger partial charge in [0.05, 0.1) is 12.5 Å². The minimum absolute atomic E-state index is 0.0213. The molecular weight excluding hydrogens is 300 g/mol. The smallest absolute Gasteiger partial charge is 0.305 e. The zero-order chi connectivity index (χ0) is 13.1. The minimum atomic E-state index is -0.922. The maximum atomic E-state index is 11.9. The van der Waals surface area contributed by atoms with Crippen molar-refractivity contribution in [3.8, 4) is 0 Å². The van der Waals surface area contributed by atoms with Crippen molar-refractivity contribution in [2.45, 2.75) is 23.7 Å². The summed E-state index contributed by atoms with van der Waals surface area (Å²) in [6.45, 7) is 0.533. The molecule has 96 valence electrons. The SMILES string of the molecule is O=C(O)CC(c1cccnc1)N1CC(Br)CC1=O. The third-order valence-electron chi connectivity index (χ3n) is 2.92. The standard InChI is InChI=1S/C12H13BrN2O3/c13-9-4-11(16)15(7-9)10(5-12(17)18)8-2-1-3-14-6-8/h1-3,6,9-10H,4-5,7H2,(H,17,18). The number of nitrogens with zero attached hydrogens (tertiary/aromatic N) is 2. The Balaban J connectivity index is 2.26. The molecule has 1 aromatic rings. The summed E-state index contributed by atoms with van der Waals surface area (Å²) < 4.78 is 0. The molecule has 1 aliphatic rings. The van der Waals surface area contributed by atoms with Crippen LogP contribution in [0.5, 0.6) is 0 Å². The van der Waals surface area contributed by atoms with Gasteiger partial charge in [-0.15, -0.1) is 0 Å². The van der Waals surface area contributed by atoms with Crippen LogP contribution in [0.3, 0.4) is 0 Å². The number of carbonyl (C=O) groups is 2. The summed E-state index contributed by atoms with van der Waals surface area (Å²) in [4.78, 5) is 28.5. The maximum Gasteiger partial charge on any atom is 0.305 e. The summed E-state index contributed by atoms with van der Waals surface area (Å²) in [5.74, 6) is -0.943. The number of pyridine rings is 1. The Morgan fingerprint density at radius 2 is 2.44 bits per heavy atom. The Morgan fingerprint density at radius 1 is 1.67 bits per heavy atom. The highest BCUT2D eigenvalue weighted by Crippen LogP contribution is 2.30. The molecule has 1 fully saturated rings. The van der Waals surface area contributed by atoms with Crippen molar-refractivity contribution in [2.75, 3.05) is 6.54 Å². The van der Waals surface area contributed by atoms with Gasteiger partial charge in [0.2, 0.25) is 5.91 Å². The molecule has 0 bridgehead atoms. The van der Waals surface area contributed by atoms with Crippen LogP contribution in [0, 0.1) is 0 Å². The fourth-order valence-electron chi connectivity index (χ4n) is 2.13. The van der Waals surface area contributed by atoms with E-state index < -0.39 is 12.0 Å². The number of halogens is 1. The molecule has 2 unspecified atom stereocenters. The van der Waals surface area contributed by atoms with E-state index in [0.717, 1.165) is 5.56 Å². The van der Waals surface area contributed by atoms with E-state index in [0.29, 0.717) is 13.0 Å². The number of rotatable bonds is 4. The van der Waals surface area contributed by atoms with E-state index in [9.17, 15) is 9.59 Å². The van der Waals surface area contributed by atoms with Crippen LogP contribution in [0.4, 0.5) is 0 Å². The van der Waals surface area contributed by atoms with Gasteiger partial charge in [-0.25, -0.2) is 0 Å². The second-order valence-electron chi connectivity index (χ2n) is 4.25. The van der Waals surface area contributed by atoms with Gasteiger partial charge < -0.3 is 10.0 Å². The molecule has 2 rings (SSSR count). The van der Waals surface area contributed by atoms with Crippen LogP contribution in [0.2, 0.25) is 0 Å². The van der Waals surface area contributed by atoms with Crippen LogP contribution in [-0.2, 0) is 9.59 Å². The zero-order valence-corrected chi connectivity index (χ0v) is 11.2. The van der Waals surface area contributed by atoms with Crippen molar-refractivity contribution in [3.63, 3.8) is 0 Å². The average molecular weight is 313 g/mol. The number of carbonyl (C=O) groups excluding carboxylic acids is 1. The van der Waals surface area contributed by atoms with Gasteiger partial charge in [-0.1, -0.05) is 22.0 Å². The highest BCUT2D eigenvalue weighted by atomic mass is 79.9. The van der Waals surface area contributed by atoms with Gasteiger partial charge >= 0.3 is 5.97 Å². The van der Waals surface area contributed by atoms with E-state index >= 15 is 0 Å². The Labute approximate surface area is 113 Å². The number of amides is 1. The number of likely N-dealkylation sites (tertiary alicyclic amines) is 1. The molecule has 1 N–H and O–H groups in total. The zero-order valence-electron chi connectivity index (χ0n) is 9.62. The number of hydrogen-bond donors (Lipinski definition) is 1. The van der Waals surface area contributed by atoms with Crippen molar-refractivity contribution in [1.29, 1.82) is 0 Å². The summed E-state index contributed by atoms with van der Waals surface area (Å²) in [6, 6.07) is 3.11. The summed E-state index contributed by atoms with van der Waals surface area (Å²) >= 11 is 3.40. The molecule has 5 nitrogen and oxygen atoms in total. The molecule has 1 aromatic heterocycles. The van der Waals surface area contributed by atoms with Crippen LogP contribution in [-0.4, -0.2) is 38.2 Å². The lowest BCUT2D eigenvalue weighted by atomic mass is 10.0. The molecule has 0 saturated carbocycles. The van der Waals surface area contributed by atoms with E-state index in [-0.39, 0.29) is 17.2 Å². The van der Waals surface area contributed by atoms with E-state index in [1.807, 2.05) is 0 Å². The highest BCUT2D eigenvalue weighted by Gasteiger charge is 2.34. The molecule has 2 heterocycles. The van der Waals surface area contributed by atoms with Crippen molar-refractivity contribution < 1.29 is 14.7 Å². The maximum absolute atomic E-state index is 11.9. The molecule has 6 heteroatoms. The van der Waals surface area contributed by atoms with Gasteiger partial charge in [0.25, 0.3) is 0 Å². The summed E-state index contributed by atoms with van der Waals surface area (Å²) in [7, 11) is 0. The predicted molar refractivity (Wildman–Crippen MR) is 68.3 cm³/mol. The van der Waals surface area contributed by atoms with E-state index in [2.05, 4.69) is 20.9 Å². The van der Waals surface area contributed by atoms with Gasteiger partial charge in [0.1, 0.15) is 0 Å². The third-order valence-corrected chi connectivity index (χ3v) is 3.54. The molecule has 0 aliphatic carbocycles. The van der Waals surface area contributed by atoms with Crippen LogP contribution >= 0.6 is 15.9 Å². The van der Waals surface area contributed by atoms with Crippen molar-refractivity contribution in [1.82, 2.24) is 9.88 Å². The van der Waals surface area contributed by atoms with Crippen LogP contribution in [0.25, 0.3) is 0 Å². The number of carboxylic acid groups (broad SMARTS) is 1. The first-order valence-electron chi connectivity index (χ1n) is 5.63. The molecule has 18 heavy (non-hydrogen) atoms. The van der Waals surface area contributed by atoms with Crippen LogP contribution < -0.4 is 0 Å². The van der Waals surface area contributed by atoms with Gasteiger partial charge in [-0.05, 0) is 11.6 Å². The van der Waals surface area contributed by atoms with Crippen molar-refractivity contribution in [2.24, 2.45) is 0 Å². The molecule has 1 aliphatic heterocycles. The fraction of sp³-hybridized carbons (Fsp3) is 0.417. The highest BCUT2D eigenvalue weighted by molar-refractivity contribution is 9.09. The monoisotopic (exact) mass is 312 g/mol. The van der Waals surface area contributed by atoms with E-state index in [4.69, 9.17) is 5.11 Å². The summed E-state index contributed by atoms with van der Waals surface area (Å²) in [5.41, 5.74) is 0.759. The summed E-state index contributed by atoms with van der Waals surface area (Å²) in [5, 5.41) is 8.99. The first-order chi connectivity index (χ1) is 8.58. The quantitative estimate of drug-likeness (QED) is 0.857. The topological polar surface area (TPSA) is 70.5 Å². The molecule has 2 atom stereocenters. The average Bonchev–Trinajstić information content (AvgIpc) is 2.66. The largest absolute Gasteiger partial charge is 0.481 e.